The lowest BCUT2D eigenvalue weighted by Gasteiger charge is -2.09. The van der Waals surface area contributed by atoms with E-state index in [1.807, 2.05) is 7.05 Å². The van der Waals surface area contributed by atoms with E-state index in [2.05, 4.69) is 45.1 Å². The molecule has 0 fully saturated rings. The van der Waals surface area contributed by atoms with Crippen molar-refractivity contribution in [3.8, 4) is 0 Å². The van der Waals surface area contributed by atoms with Crippen molar-refractivity contribution in [3.63, 3.8) is 0 Å². The Bertz CT molecular complexity index is 287. The molecule has 0 amide bonds. The van der Waals surface area contributed by atoms with Crippen LogP contribution in [0.5, 0.6) is 0 Å². The van der Waals surface area contributed by atoms with Crippen LogP contribution < -0.4 is 5.32 Å². The molecule has 0 aromatic carbocycles. The van der Waals surface area contributed by atoms with E-state index in [0.717, 1.165) is 41.1 Å². The molecule has 0 aliphatic heterocycles. The molecule has 0 saturated carbocycles. The van der Waals surface area contributed by atoms with Crippen LogP contribution >= 0.6 is 15.9 Å². The summed E-state index contributed by atoms with van der Waals surface area (Å²) in [4.78, 5) is 8.91. The number of nitrogens with one attached hydrogen (secondary N) is 1. The number of aromatic nitrogens is 2. The van der Waals surface area contributed by atoms with Crippen LogP contribution in [0.15, 0.2) is 4.47 Å². The number of hydrogen-bond donors (Lipinski definition) is 1. The summed E-state index contributed by atoms with van der Waals surface area (Å²) in [6, 6.07) is 0. The summed E-state index contributed by atoms with van der Waals surface area (Å²) >= 11 is 3.50. The summed E-state index contributed by atoms with van der Waals surface area (Å²) in [5.41, 5.74) is 1.08. The van der Waals surface area contributed by atoms with Gasteiger partial charge in [0.1, 0.15) is 11.6 Å². The Morgan fingerprint density at radius 1 is 1.29 bits per heavy atom. The normalized spacial score (nSPS) is 10.3. The lowest BCUT2D eigenvalue weighted by molar-refractivity contribution is 0.811. The van der Waals surface area contributed by atoms with Crippen LogP contribution in [0, 0.1) is 0 Å². The molecule has 1 heterocycles. The fourth-order valence-corrected chi connectivity index (χ4v) is 1.94. The van der Waals surface area contributed by atoms with Crippen molar-refractivity contribution >= 4 is 21.7 Å². The molecule has 0 unspecified atom stereocenters. The van der Waals surface area contributed by atoms with Crippen molar-refractivity contribution in [3.05, 3.63) is 16.0 Å². The number of nitrogens with zero attached hydrogens (tertiary/aromatic N) is 2. The Morgan fingerprint density at radius 2 is 2.00 bits per heavy atom. The number of aryl methyl sites for hydroxylation is 2. The molecule has 0 aliphatic rings. The topological polar surface area (TPSA) is 37.8 Å². The summed E-state index contributed by atoms with van der Waals surface area (Å²) < 4.78 is 0.988. The van der Waals surface area contributed by atoms with Crippen molar-refractivity contribution in [1.82, 2.24) is 9.97 Å². The minimum absolute atomic E-state index is 0.889. The SMILES string of the molecule is CCCc1nc(CC)c(Br)c(NC)n1. The van der Waals surface area contributed by atoms with Crippen LogP contribution in [0.1, 0.15) is 31.8 Å². The van der Waals surface area contributed by atoms with E-state index in [-0.39, 0.29) is 0 Å². The molecular weight excluding hydrogens is 242 g/mol. The van der Waals surface area contributed by atoms with Crippen molar-refractivity contribution in [2.24, 2.45) is 0 Å². The van der Waals surface area contributed by atoms with E-state index in [0.29, 0.717) is 0 Å². The minimum Gasteiger partial charge on any atom is -0.372 e. The molecule has 78 valence electrons. The van der Waals surface area contributed by atoms with E-state index in [9.17, 15) is 0 Å². The van der Waals surface area contributed by atoms with E-state index < -0.39 is 0 Å². The van der Waals surface area contributed by atoms with Crippen LogP contribution in [0.2, 0.25) is 0 Å². The Labute approximate surface area is 93.5 Å². The third kappa shape index (κ3) is 2.44. The quantitative estimate of drug-likeness (QED) is 0.902. The Morgan fingerprint density at radius 3 is 2.50 bits per heavy atom. The monoisotopic (exact) mass is 257 g/mol. The van der Waals surface area contributed by atoms with Crippen molar-refractivity contribution in [1.29, 1.82) is 0 Å². The van der Waals surface area contributed by atoms with E-state index >= 15 is 0 Å². The molecule has 1 rings (SSSR count). The van der Waals surface area contributed by atoms with Gasteiger partial charge in [-0.25, -0.2) is 9.97 Å². The lowest BCUT2D eigenvalue weighted by atomic mass is 10.2. The van der Waals surface area contributed by atoms with Gasteiger partial charge in [-0.2, -0.15) is 0 Å². The molecule has 0 spiro atoms. The zero-order valence-electron chi connectivity index (χ0n) is 8.89. The molecule has 4 heteroatoms. The maximum atomic E-state index is 4.49. The first-order valence-electron chi connectivity index (χ1n) is 4.95. The van der Waals surface area contributed by atoms with Gasteiger partial charge in [0.15, 0.2) is 0 Å². The fourth-order valence-electron chi connectivity index (χ4n) is 1.28. The Hall–Kier alpha value is -0.640. The van der Waals surface area contributed by atoms with Crippen molar-refractivity contribution in [2.45, 2.75) is 33.1 Å². The van der Waals surface area contributed by atoms with Crippen LogP contribution in [0.4, 0.5) is 5.82 Å². The first-order chi connectivity index (χ1) is 6.72. The molecule has 1 aromatic rings. The van der Waals surface area contributed by atoms with E-state index in [1.165, 1.54) is 0 Å². The predicted octanol–water partition coefficient (Wildman–Crippen LogP) is 2.80. The van der Waals surface area contributed by atoms with Gasteiger partial charge in [0.2, 0.25) is 0 Å². The summed E-state index contributed by atoms with van der Waals surface area (Å²) in [6.07, 6.45) is 2.94. The maximum absolute atomic E-state index is 4.49. The predicted molar refractivity (Wildman–Crippen MR) is 62.7 cm³/mol. The molecular formula is C10H16BrN3. The standard InChI is InChI=1S/C10H16BrN3/c1-4-6-8-13-7(5-2)9(11)10(12-3)14-8/h4-6H2,1-3H3,(H,12,13,14). The molecule has 0 aliphatic carbocycles. The minimum atomic E-state index is 0.889. The van der Waals surface area contributed by atoms with Gasteiger partial charge in [-0.1, -0.05) is 13.8 Å². The van der Waals surface area contributed by atoms with Crippen LogP contribution in [0.25, 0.3) is 0 Å². The smallest absolute Gasteiger partial charge is 0.144 e. The van der Waals surface area contributed by atoms with Gasteiger partial charge in [-0.15, -0.1) is 0 Å². The molecule has 0 atom stereocenters. The second-order valence-electron chi connectivity index (χ2n) is 3.10. The van der Waals surface area contributed by atoms with Gasteiger partial charge in [-0.3, -0.25) is 0 Å². The third-order valence-corrected chi connectivity index (χ3v) is 2.84. The van der Waals surface area contributed by atoms with Gasteiger partial charge in [-0.05, 0) is 28.8 Å². The van der Waals surface area contributed by atoms with Crippen LogP contribution in [-0.4, -0.2) is 17.0 Å². The highest BCUT2D eigenvalue weighted by atomic mass is 79.9. The highest BCUT2D eigenvalue weighted by molar-refractivity contribution is 9.10. The maximum Gasteiger partial charge on any atom is 0.144 e. The average Bonchev–Trinajstić information content (AvgIpc) is 2.20. The highest BCUT2D eigenvalue weighted by Gasteiger charge is 2.08. The summed E-state index contributed by atoms with van der Waals surface area (Å²) in [5.74, 6) is 1.82. The van der Waals surface area contributed by atoms with Crippen LogP contribution in [0.3, 0.4) is 0 Å². The summed E-state index contributed by atoms with van der Waals surface area (Å²) in [7, 11) is 1.88. The largest absolute Gasteiger partial charge is 0.372 e. The Balaban J connectivity index is 3.11. The second-order valence-corrected chi connectivity index (χ2v) is 3.90. The molecule has 0 bridgehead atoms. The van der Waals surface area contributed by atoms with Gasteiger partial charge >= 0.3 is 0 Å². The molecule has 0 radical (unpaired) electrons. The number of halogens is 1. The number of anilines is 1. The highest BCUT2D eigenvalue weighted by Crippen LogP contribution is 2.23. The summed E-state index contributed by atoms with van der Waals surface area (Å²) in [6.45, 7) is 4.23. The first kappa shape index (κ1) is 11.4. The number of rotatable bonds is 4. The summed E-state index contributed by atoms with van der Waals surface area (Å²) in [5, 5.41) is 3.07. The lowest BCUT2D eigenvalue weighted by Crippen LogP contribution is -2.05. The molecule has 14 heavy (non-hydrogen) atoms. The zero-order chi connectivity index (χ0) is 10.6. The van der Waals surface area contributed by atoms with Gasteiger partial charge in [0, 0.05) is 13.5 Å². The van der Waals surface area contributed by atoms with Crippen molar-refractivity contribution < 1.29 is 0 Å². The van der Waals surface area contributed by atoms with Crippen LogP contribution in [-0.2, 0) is 12.8 Å². The van der Waals surface area contributed by atoms with Gasteiger partial charge < -0.3 is 5.32 Å². The van der Waals surface area contributed by atoms with E-state index in [1.54, 1.807) is 0 Å². The van der Waals surface area contributed by atoms with Gasteiger partial charge in [0.05, 0.1) is 10.2 Å². The molecule has 1 aromatic heterocycles. The fraction of sp³-hybridized carbons (Fsp3) is 0.600. The van der Waals surface area contributed by atoms with E-state index in [4.69, 9.17) is 0 Å². The molecule has 1 N–H and O–H groups in total. The first-order valence-corrected chi connectivity index (χ1v) is 5.75. The number of hydrogen-bond acceptors (Lipinski definition) is 3. The van der Waals surface area contributed by atoms with Crippen molar-refractivity contribution in [2.75, 3.05) is 12.4 Å². The Kier molecular flexibility index (Phi) is 4.32. The third-order valence-electron chi connectivity index (χ3n) is 2.01. The molecule has 0 saturated heterocycles. The molecule has 3 nitrogen and oxygen atoms in total. The van der Waals surface area contributed by atoms with Gasteiger partial charge in [0.25, 0.3) is 0 Å². The second kappa shape index (κ2) is 5.29. The zero-order valence-corrected chi connectivity index (χ0v) is 10.5. The average molecular weight is 258 g/mol.